The number of nitrogens with one attached hydrogen (secondary N) is 1. The Morgan fingerprint density at radius 2 is 2.00 bits per heavy atom. The number of pyridine rings is 1. The molecule has 2 amide bonds. The number of nitrogens with zero attached hydrogens (tertiary/aromatic N) is 2. The number of hydrogen-bond acceptors (Lipinski definition) is 5. The van der Waals surface area contributed by atoms with E-state index in [1.165, 1.54) is 11.8 Å². The Balaban J connectivity index is 2.04. The SMILES string of the molecule is CCC(N)(CC)CNC(=O)c1cccnc1SC(C)C(=O)N1CCCC1. The molecule has 2 heterocycles. The van der Waals surface area contributed by atoms with Crippen molar-refractivity contribution < 1.29 is 9.59 Å². The van der Waals surface area contributed by atoms with Crippen LogP contribution in [-0.2, 0) is 4.79 Å². The first-order chi connectivity index (χ1) is 12.4. The summed E-state index contributed by atoms with van der Waals surface area (Å²) in [5.41, 5.74) is 6.36. The summed E-state index contributed by atoms with van der Waals surface area (Å²) >= 11 is 1.34. The van der Waals surface area contributed by atoms with Crippen LogP contribution in [0.2, 0.25) is 0 Å². The highest BCUT2D eigenvalue weighted by atomic mass is 32.2. The lowest BCUT2D eigenvalue weighted by Crippen LogP contribution is -2.49. The van der Waals surface area contributed by atoms with Crippen LogP contribution >= 0.6 is 11.8 Å². The van der Waals surface area contributed by atoms with Gasteiger partial charge in [0.25, 0.3) is 5.91 Å². The maximum absolute atomic E-state index is 12.6. The van der Waals surface area contributed by atoms with Crippen molar-refractivity contribution in [2.24, 2.45) is 5.73 Å². The molecule has 0 aliphatic carbocycles. The number of nitrogens with two attached hydrogens (primary N) is 1. The second kappa shape index (κ2) is 9.37. The molecule has 1 fully saturated rings. The van der Waals surface area contributed by atoms with Crippen molar-refractivity contribution in [2.45, 2.75) is 62.3 Å². The first-order valence-corrected chi connectivity index (χ1v) is 10.3. The third-order valence-corrected chi connectivity index (χ3v) is 6.18. The van der Waals surface area contributed by atoms with Crippen LogP contribution in [0.1, 0.15) is 56.8 Å². The van der Waals surface area contributed by atoms with Crippen LogP contribution in [0.4, 0.5) is 0 Å². The minimum atomic E-state index is -0.399. The highest BCUT2D eigenvalue weighted by Crippen LogP contribution is 2.27. The van der Waals surface area contributed by atoms with Gasteiger partial charge in [-0.05, 0) is 44.7 Å². The molecule has 1 aromatic rings. The van der Waals surface area contributed by atoms with Crippen LogP contribution in [0.3, 0.4) is 0 Å². The Kier molecular flexibility index (Phi) is 7.46. The zero-order valence-corrected chi connectivity index (χ0v) is 16.8. The second-order valence-corrected chi connectivity index (χ2v) is 8.23. The third kappa shape index (κ3) is 5.20. The van der Waals surface area contributed by atoms with Gasteiger partial charge in [0.15, 0.2) is 0 Å². The molecule has 1 aromatic heterocycles. The van der Waals surface area contributed by atoms with Gasteiger partial charge < -0.3 is 16.0 Å². The maximum atomic E-state index is 12.6. The Morgan fingerprint density at radius 1 is 1.35 bits per heavy atom. The highest BCUT2D eigenvalue weighted by Gasteiger charge is 2.26. The number of hydrogen-bond donors (Lipinski definition) is 2. The van der Waals surface area contributed by atoms with Crippen LogP contribution in [0.15, 0.2) is 23.4 Å². The van der Waals surface area contributed by atoms with Gasteiger partial charge >= 0.3 is 0 Å². The summed E-state index contributed by atoms with van der Waals surface area (Å²) in [5, 5.41) is 3.24. The van der Waals surface area contributed by atoms with Crippen LogP contribution in [0, 0.1) is 0 Å². The van der Waals surface area contributed by atoms with Crippen molar-refractivity contribution in [1.82, 2.24) is 15.2 Å². The van der Waals surface area contributed by atoms with Gasteiger partial charge in [-0.2, -0.15) is 0 Å². The third-order valence-electron chi connectivity index (χ3n) is 5.08. The predicted octanol–water partition coefficient (Wildman–Crippen LogP) is 2.43. The Hall–Kier alpha value is -1.60. The first kappa shape index (κ1) is 20.7. The molecular formula is C19H30N4O2S. The van der Waals surface area contributed by atoms with E-state index in [4.69, 9.17) is 5.73 Å². The fourth-order valence-electron chi connectivity index (χ4n) is 2.92. The van der Waals surface area contributed by atoms with Gasteiger partial charge in [0.05, 0.1) is 10.8 Å². The number of amides is 2. The van der Waals surface area contributed by atoms with Crippen molar-refractivity contribution in [3.63, 3.8) is 0 Å². The summed E-state index contributed by atoms with van der Waals surface area (Å²) in [6.45, 7) is 7.98. The van der Waals surface area contributed by atoms with E-state index in [0.29, 0.717) is 17.1 Å². The monoisotopic (exact) mass is 378 g/mol. The predicted molar refractivity (Wildman–Crippen MR) is 105 cm³/mol. The van der Waals surface area contributed by atoms with Gasteiger partial charge in [-0.3, -0.25) is 9.59 Å². The van der Waals surface area contributed by atoms with Crippen molar-refractivity contribution in [3.05, 3.63) is 23.9 Å². The molecule has 0 spiro atoms. The number of carbonyl (C=O) groups is 2. The van der Waals surface area contributed by atoms with Crippen LogP contribution in [-0.4, -0.2) is 52.1 Å². The molecular weight excluding hydrogens is 348 g/mol. The average Bonchev–Trinajstić information content (AvgIpc) is 3.20. The van der Waals surface area contributed by atoms with E-state index in [2.05, 4.69) is 10.3 Å². The molecule has 0 aromatic carbocycles. The van der Waals surface area contributed by atoms with E-state index < -0.39 is 5.54 Å². The van der Waals surface area contributed by atoms with Crippen molar-refractivity contribution in [2.75, 3.05) is 19.6 Å². The minimum absolute atomic E-state index is 0.113. The maximum Gasteiger partial charge on any atom is 0.254 e. The fourth-order valence-corrected chi connectivity index (χ4v) is 3.92. The molecule has 1 atom stereocenters. The zero-order valence-electron chi connectivity index (χ0n) is 16.0. The summed E-state index contributed by atoms with van der Waals surface area (Å²) < 4.78 is 0. The smallest absolute Gasteiger partial charge is 0.254 e. The van der Waals surface area contributed by atoms with Crippen molar-refractivity contribution in [3.8, 4) is 0 Å². The normalized spacial score (nSPS) is 15.8. The topological polar surface area (TPSA) is 88.3 Å². The van der Waals surface area contributed by atoms with Gasteiger partial charge in [0.1, 0.15) is 5.03 Å². The Morgan fingerprint density at radius 3 is 2.62 bits per heavy atom. The quantitative estimate of drug-likeness (QED) is 0.678. The molecule has 7 heteroatoms. The van der Waals surface area contributed by atoms with Crippen LogP contribution in [0.25, 0.3) is 0 Å². The second-order valence-electron chi connectivity index (χ2n) is 6.90. The molecule has 3 N–H and O–H groups in total. The number of carbonyl (C=O) groups excluding carboxylic acids is 2. The number of likely N-dealkylation sites (tertiary alicyclic amines) is 1. The average molecular weight is 379 g/mol. The van der Waals surface area contributed by atoms with Gasteiger partial charge in [-0.25, -0.2) is 4.98 Å². The van der Waals surface area contributed by atoms with Gasteiger partial charge in [0, 0.05) is 31.4 Å². The molecule has 144 valence electrons. The lowest BCUT2D eigenvalue weighted by Gasteiger charge is -2.27. The summed E-state index contributed by atoms with van der Waals surface area (Å²) in [6, 6.07) is 3.48. The Labute approximate surface area is 160 Å². The molecule has 1 unspecified atom stereocenters. The summed E-state index contributed by atoms with van der Waals surface area (Å²) in [7, 11) is 0. The summed E-state index contributed by atoms with van der Waals surface area (Å²) in [4.78, 5) is 31.4. The first-order valence-electron chi connectivity index (χ1n) is 9.37. The van der Waals surface area contributed by atoms with E-state index in [1.807, 2.05) is 25.7 Å². The standard InChI is InChI=1S/C19H30N4O2S/c1-4-19(20,5-2)13-22-16(24)15-9-8-10-21-17(15)26-14(3)18(25)23-11-6-7-12-23/h8-10,14H,4-7,11-13,20H2,1-3H3,(H,22,24). The molecule has 2 rings (SSSR count). The van der Waals surface area contributed by atoms with Crippen LogP contribution in [0.5, 0.6) is 0 Å². The fraction of sp³-hybridized carbons (Fsp3) is 0.632. The largest absolute Gasteiger partial charge is 0.350 e. The van der Waals surface area contributed by atoms with E-state index in [1.54, 1.807) is 18.3 Å². The minimum Gasteiger partial charge on any atom is -0.350 e. The molecule has 0 radical (unpaired) electrons. The number of aromatic nitrogens is 1. The van der Waals surface area contributed by atoms with E-state index in [9.17, 15) is 9.59 Å². The van der Waals surface area contributed by atoms with Gasteiger partial charge in [0.2, 0.25) is 5.91 Å². The molecule has 1 aliphatic heterocycles. The number of rotatable bonds is 8. The Bertz CT molecular complexity index is 628. The molecule has 0 bridgehead atoms. The molecule has 1 aliphatic rings. The summed E-state index contributed by atoms with van der Waals surface area (Å²) in [6.07, 6.45) is 5.36. The van der Waals surface area contributed by atoms with Crippen molar-refractivity contribution in [1.29, 1.82) is 0 Å². The lowest BCUT2D eigenvalue weighted by atomic mass is 9.94. The van der Waals surface area contributed by atoms with Gasteiger partial charge in [-0.1, -0.05) is 25.6 Å². The molecule has 6 nitrogen and oxygen atoms in total. The molecule has 0 saturated carbocycles. The lowest BCUT2D eigenvalue weighted by molar-refractivity contribution is -0.129. The van der Waals surface area contributed by atoms with Gasteiger partial charge in [-0.15, -0.1) is 0 Å². The number of thioether (sulfide) groups is 1. The van der Waals surface area contributed by atoms with Crippen LogP contribution < -0.4 is 11.1 Å². The summed E-state index contributed by atoms with van der Waals surface area (Å²) in [5.74, 6) is -0.0828. The molecule has 1 saturated heterocycles. The molecule has 26 heavy (non-hydrogen) atoms. The van der Waals surface area contributed by atoms with E-state index >= 15 is 0 Å². The zero-order chi connectivity index (χ0) is 19.2. The van der Waals surface area contributed by atoms with E-state index in [-0.39, 0.29) is 17.1 Å². The van der Waals surface area contributed by atoms with E-state index in [0.717, 1.165) is 38.8 Å². The highest BCUT2D eigenvalue weighted by molar-refractivity contribution is 8.00. The van der Waals surface area contributed by atoms with Crippen molar-refractivity contribution >= 4 is 23.6 Å².